The largest absolute Gasteiger partial charge is 0.481 e. The maximum absolute atomic E-state index is 13.7. The highest BCUT2D eigenvalue weighted by Gasteiger charge is 2.23. The molecule has 0 atom stereocenters. The van der Waals surface area contributed by atoms with E-state index in [9.17, 15) is 22.8 Å². The summed E-state index contributed by atoms with van der Waals surface area (Å²) in [6.45, 7) is -3.14. The van der Waals surface area contributed by atoms with E-state index in [-0.39, 0.29) is 19.4 Å². The number of carbonyl (C=O) groups excluding carboxylic acids is 1. The van der Waals surface area contributed by atoms with Gasteiger partial charge in [0.2, 0.25) is 0 Å². The van der Waals surface area contributed by atoms with Crippen LogP contribution in [-0.4, -0.2) is 42.1 Å². The van der Waals surface area contributed by atoms with Crippen LogP contribution in [0.2, 0.25) is 0 Å². The maximum atomic E-state index is 13.7. The van der Waals surface area contributed by atoms with E-state index in [0.29, 0.717) is 0 Å². The number of hydrogen-bond donors (Lipinski definition) is 1. The molecule has 5 nitrogen and oxygen atoms in total. The van der Waals surface area contributed by atoms with E-state index in [1.165, 1.54) is 7.05 Å². The Balaban J connectivity index is 2.87. The Kier molecular flexibility index (Phi) is 6.01. The van der Waals surface area contributed by atoms with Crippen molar-refractivity contribution in [3.05, 3.63) is 29.6 Å². The predicted molar refractivity (Wildman–Crippen MR) is 66.9 cm³/mol. The molecule has 1 aromatic carbocycles. The van der Waals surface area contributed by atoms with Crippen LogP contribution < -0.4 is 4.74 Å². The summed E-state index contributed by atoms with van der Waals surface area (Å²) < 4.78 is 42.3. The van der Waals surface area contributed by atoms with Crippen LogP contribution in [0.4, 0.5) is 13.2 Å². The van der Waals surface area contributed by atoms with E-state index < -0.39 is 35.6 Å². The number of nitrogens with zero attached hydrogens (tertiary/aromatic N) is 1. The Bertz CT molecular complexity index is 522. The van der Waals surface area contributed by atoms with Gasteiger partial charge < -0.3 is 14.7 Å². The minimum atomic E-state index is -3.18. The second kappa shape index (κ2) is 7.51. The SMILES string of the molecule is CN(CCCC(=O)O)C(=O)c1c(F)cccc1OC(F)F. The number of aliphatic carboxylic acids is 1. The third-order valence-electron chi connectivity index (χ3n) is 2.64. The summed E-state index contributed by atoms with van der Waals surface area (Å²) in [6.07, 6.45) is 0.00630. The smallest absolute Gasteiger partial charge is 0.387 e. The molecular weight excluding hydrogens is 291 g/mol. The molecule has 0 heterocycles. The summed E-state index contributed by atoms with van der Waals surface area (Å²) in [5.74, 6) is -3.42. The zero-order valence-corrected chi connectivity index (χ0v) is 11.2. The number of alkyl halides is 2. The number of halogens is 3. The fraction of sp³-hybridized carbons (Fsp3) is 0.385. The highest BCUT2D eigenvalue weighted by atomic mass is 19.3. The average Bonchev–Trinajstić information content (AvgIpc) is 2.37. The number of rotatable bonds is 7. The fourth-order valence-corrected chi connectivity index (χ4v) is 1.67. The van der Waals surface area contributed by atoms with Gasteiger partial charge >= 0.3 is 12.6 Å². The second-order valence-electron chi connectivity index (χ2n) is 4.22. The van der Waals surface area contributed by atoms with Crippen molar-refractivity contribution in [1.29, 1.82) is 0 Å². The number of carboxylic acid groups (broad SMARTS) is 1. The first-order valence-electron chi connectivity index (χ1n) is 6.03. The van der Waals surface area contributed by atoms with Gasteiger partial charge in [0.15, 0.2) is 0 Å². The van der Waals surface area contributed by atoms with Gasteiger partial charge in [0.1, 0.15) is 17.1 Å². The third-order valence-corrected chi connectivity index (χ3v) is 2.64. The van der Waals surface area contributed by atoms with Gasteiger partial charge in [-0.1, -0.05) is 6.07 Å². The molecule has 0 aliphatic heterocycles. The third kappa shape index (κ3) is 4.97. The molecule has 0 fully saturated rings. The minimum absolute atomic E-state index is 0.0492. The first-order chi connectivity index (χ1) is 9.82. The van der Waals surface area contributed by atoms with Gasteiger partial charge in [0.25, 0.3) is 5.91 Å². The van der Waals surface area contributed by atoms with Crippen LogP contribution in [0.5, 0.6) is 5.75 Å². The first-order valence-corrected chi connectivity index (χ1v) is 6.03. The number of carboxylic acids is 1. The number of hydrogen-bond acceptors (Lipinski definition) is 3. The van der Waals surface area contributed by atoms with E-state index in [0.717, 1.165) is 23.1 Å². The zero-order chi connectivity index (χ0) is 16.0. The lowest BCUT2D eigenvalue weighted by molar-refractivity contribution is -0.137. The summed E-state index contributed by atoms with van der Waals surface area (Å²) in [4.78, 5) is 23.5. The Morgan fingerprint density at radius 2 is 2.05 bits per heavy atom. The lowest BCUT2D eigenvalue weighted by Crippen LogP contribution is -2.29. The summed E-state index contributed by atoms with van der Waals surface area (Å²) >= 11 is 0. The first kappa shape index (κ1) is 16.8. The van der Waals surface area contributed by atoms with Gasteiger partial charge in [-0.2, -0.15) is 8.78 Å². The van der Waals surface area contributed by atoms with Crippen molar-refractivity contribution >= 4 is 11.9 Å². The zero-order valence-electron chi connectivity index (χ0n) is 11.2. The van der Waals surface area contributed by atoms with Crippen LogP contribution in [0.3, 0.4) is 0 Å². The highest BCUT2D eigenvalue weighted by Crippen LogP contribution is 2.24. The summed E-state index contributed by atoms with van der Waals surface area (Å²) in [5.41, 5.74) is -0.601. The van der Waals surface area contributed by atoms with Crippen LogP contribution in [-0.2, 0) is 4.79 Å². The molecule has 0 saturated carbocycles. The molecule has 8 heteroatoms. The molecule has 0 radical (unpaired) electrons. The predicted octanol–water partition coefficient (Wildman–Crippen LogP) is 2.36. The molecule has 116 valence electrons. The van der Waals surface area contributed by atoms with Crippen molar-refractivity contribution < 1.29 is 32.6 Å². The topological polar surface area (TPSA) is 66.8 Å². The summed E-state index contributed by atoms with van der Waals surface area (Å²) in [6, 6.07) is 3.17. The molecule has 0 unspecified atom stereocenters. The van der Waals surface area contributed by atoms with Gasteiger partial charge in [0, 0.05) is 20.0 Å². The fourth-order valence-electron chi connectivity index (χ4n) is 1.67. The average molecular weight is 305 g/mol. The van der Waals surface area contributed by atoms with Crippen molar-refractivity contribution in [2.45, 2.75) is 19.5 Å². The Hall–Kier alpha value is -2.25. The van der Waals surface area contributed by atoms with Gasteiger partial charge in [0.05, 0.1) is 0 Å². The molecule has 1 amide bonds. The van der Waals surface area contributed by atoms with Crippen molar-refractivity contribution in [3.8, 4) is 5.75 Å². The molecule has 0 aromatic heterocycles. The van der Waals surface area contributed by atoms with Crippen molar-refractivity contribution in [2.24, 2.45) is 0 Å². The summed E-state index contributed by atoms with van der Waals surface area (Å²) in [7, 11) is 1.32. The molecule has 1 N–H and O–H groups in total. The van der Waals surface area contributed by atoms with Crippen molar-refractivity contribution in [1.82, 2.24) is 4.90 Å². The standard InChI is InChI=1S/C13H14F3NO4/c1-17(7-3-6-10(18)19)12(20)11-8(14)4-2-5-9(11)21-13(15)16/h2,4-5,13H,3,6-7H2,1H3,(H,18,19). The Labute approximate surface area is 118 Å². The Morgan fingerprint density at radius 1 is 1.38 bits per heavy atom. The van der Waals surface area contributed by atoms with E-state index in [4.69, 9.17) is 5.11 Å². The van der Waals surface area contributed by atoms with E-state index in [1.807, 2.05) is 0 Å². The number of ether oxygens (including phenoxy) is 1. The molecule has 0 spiro atoms. The minimum Gasteiger partial charge on any atom is -0.481 e. The lowest BCUT2D eigenvalue weighted by atomic mass is 10.1. The van der Waals surface area contributed by atoms with Crippen LogP contribution >= 0.6 is 0 Å². The highest BCUT2D eigenvalue weighted by molar-refractivity contribution is 5.97. The molecular formula is C13H14F3NO4. The molecule has 0 saturated heterocycles. The number of benzene rings is 1. The molecule has 0 bridgehead atoms. The van der Waals surface area contributed by atoms with Gasteiger partial charge in [-0.05, 0) is 18.6 Å². The van der Waals surface area contributed by atoms with Crippen LogP contribution in [0.15, 0.2) is 18.2 Å². The van der Waals surface area contributed by atoms with Crippen molar-refractivity contribution in [3.63, 3.8) is 0 Å². The second-order valence-corrected chi connectivity index (χ2v) is 4.22. The van der Waals surface area contributed by atoms with Crippen molar-refractivity contribution in [2.75, 3.05) is 13.6 Å². The van der Waals surface area contributed by atoms with E-state index in [1.54, 1.807) is 0 Å². The molecule has 21 heavy (non-hydrogen) atoms. The van der Waals surface area contributed by atoms with Crippen LogP contribution in [0, 0.1) is 5.82 Å². The molecule has 1 rings (SSSR count). The molecule has 0 aliphatic carbocycles. The monoisotopic (exact) mass is 305 g/mol. The Morgan fingerprint density at radius 3 is 2.62 bits per heavy atom. The van der Waals surface area contributed by atoms with E-state index >= 15 is 0 Å². The van der Waals surface area contributed by atoms with Gasteiger partial charge in [-0.25, -0.2) is 4.39 Å². The van der Waals surface area contributed by atoms with E-state index in [2.05, 4.69) is 4.74 Å². The van der Waals surface area contributed by atoms with Gasteiger partial charge in [-0.15, -0.1) is 0 Å². The quantitative estimate of drug-likeness (QED) is 0.840. The molecule has 0 aliphatic rings. The molecule has 1 aromatic rings. The number of carbonyl (C=O) groups is 2. The van der Waals surface area contributed by atoms with Crippen LogP contribution in [0.25, 0.3) is 0 Å². The lowest BCUT2D eigenvalue weighted by Gasteiger charge is -2.19. The summed E-state index contributed by atoms with van der Waals surface area (Å²) in [5, 5.41) is 8.50. The maximum Gasteiger partial charge on any atom is 0.387 e. The number of amides is 1. The normalized spacial score (nSPS) is 10.5. The van der Waals surface area contributed by atoms with Crippen LogP contribution in [0.1, 0.15) is 23.2 Å². The van der Waals surface area contributed by atoms with Gasteiger partial charge in [-0.3, -0.25) is 9.59 Å².